The SMILES string of the molecule is CS(=O)(=O)OCC1(NC(=O)OCc2ccccc2)CC1. The fourth-order valence-electron chi connectivity index (χ4n) is 1.65. The van der Waals surface area contributed by atoms with Crippen LogP contribution in [0.5, 0.6) is 0 Å². The van der Waals surface area contributed by atoms with Crippen molar-refractivity contribution in [3.8, 4) is 0 Å². The third-order valence-corrected chi connectivity index (χ3v) is 3.53. The van der Waals surface area contributed by atoms with Crippen molar-refractivity contribution in [3.63, 3.8) is 0 Å². The van der Waals surface area contributed by atoms with Gasteiger partial charge in [0.2, 0.25) is 0 Å². The van der Waals surface area contributed by atoms with E-state index in [2.05, 4.69) is 5.32 Å². The number of amides is 1. The summed E-state index contributed by atoms with van der Waals surface area (Å²) in [7, 11) is -3.50. The number of carbonyl (C=O) groups excluding carboxylic acids is 1. The molecule has 0 atom stereocenters. The molecular formula is C13H17NO5S. The van der Waals surface area contributed by atoms with Crippen molar-refractivity contribution < 1.29 is 22.1 Å². The molecule has 2 rings (SSSR count). The maximum Gasteiger partial charge on any atom is 0.407 e. The van der Waals surface area contributed by atoms with Crippen molar-refractivity contribution in [1.29, 1.82) is 0 Å². The number of alkyl carbamates (subject to hydrolysis) is 1. The average molecular weight is 299 g/mol. The Morgan fingerprint density at radius 1 is 1.30 bits per heavy atom. The van der Waals surface area contributed by atoms with Gasteiger partial charge in [-0.1, -0.05) is 30.3 Å². The Morgan fingerprint density at radius 2 is 1.95 bits per heavy atom. The second-order valence-electron chi connectivity index (χ2n) is 4.93. The van der Waals surface area contributed by atoms with Crippen molar-refractivity contribution in [2.24, 2.45) is 0 Å². The highest BCUT2D eigenvalue weighted by Crippen LogP contribution is 2.36. The average Bonchev–Trinajstić information content (AvgIpc) is 3.15. The highest BCUT2D eigenvalue weighted by atomic mass is 32.2. The lowest BCUT2D eigenvalue weighted by Crippen LogP contribution is -2.41. The molecule has 0 aromatic heterocycles. The molecular weight excluding hydrogens is 282 g/mol. The summed E-state index contributed by atoms with van der Waals surface area (Å²) < 4.78 is 31.7. The molecule has 1 aliphatic rings. The number of rotatable bonds is 6. The Labute approximate surface area is 118 Å². The lowest BCUT2D eigenvalue weighted by Gasteiger charge is -2.16. The van der Waals surface area contributed by atoms with E-state index in [9.17, 15) is 13.2 Å². The topological polar surface area (TPSA) is 81.7 Å². The lowest BCUT2D eigenvalue weighted by molar-refractivity contribution is 0.129. The third kappa shape index (κ3) is 4.82. The number of nitrogens with one attached hydrogen (secondary N) is 1. The van der Waals surface area contributed by atoms with E-state index in [4.69, 9.17) is 8.92 Å². The molecule has 1 aromatic carbocycles. The van der Waals surface area contributed by atoms with E-state index in [0.717, 1.165) is 11.8 Å². The normalized spacial score (nSPS) is 16.4. The van der Waals surface area contributed by atoms with Crippen LogP contribution in [-0.2, 0) is 25.6 Å². The van der Waals surface area contributed by atoms with Gasteiger partial charge in [-0.05, 0) is 18.4 Å². The first-order valence-electron chi connectivity index (χ1n) is 6.22. The van der Waals surface area contributed by atoms with Crippen molar-refractivity contribution in [2.75, 3.05) is 12.9 Å². The molecule has 0 saturated heterocycles. The predicted octanol–water partition coefficient (Wildman–Crippen LogP) is 1.42. The minimum atomic E-state index is -3.50. The molecule has 0 unspecified atom stereocenters. The quantitative estimate of drug-likeness (QED) is 0.803. The predicted molar refractivity (Wildman–Crippen MR) is 72.5 cm³/mol. The van der Waals surface area contributed by atoms with Crippen LogP contribution in [0.25, 0.3) is 0 Å². The molecule has 7 heteroatoms. The monoisotopic (exact) mass is 299 g/mol. The maximum atomic E-state index is 11.7. The summed E-state index contributed by atoms with van der Waals surface area (Å²) in [5.41, 5.74) is 0.288. The Morgan fingerprint density at radius 3 is 2.50 bits per heavy atom. The van der Waals surface area contributed by atoms with Crippen molar-refractivity contribution >= 4 is 16.2 Å². The van der Waals surface area contributed by atoms with Crippen LogP contribution in [-0.4, -0.2) is 32.9 Å². The van der Waals surface area contributed by atoms with Crippen molar-refractivity contribution in [1.82, 2.24) is 5.32 Å². The van der Waals surface area contributed by atoms with Gasteiger partial charge in [0.25, 0.3) is 10.1 Å². The molecule has 1 aromatic rings. The summed E-state index contributed by atoms with van der Waals surface area (Å²) in [6.45, 7) is 0.127. The summed E-state index contributed by atoms with van der Waals surface area (Å²) in [5.74, 6) is 0. The number of hydrogen-bond donors (Lipinski definition) is 1. The molecule has 1 amide bonds. The van der Waals surface area contributed by atoms with Gasteiger partial charge in [-0.15, -0.1) is 0 Å². The molecule has 110 valence electrons. The van der Waals surface area contributed by atoms with Crippen LogP contribution in [0.3, 0.4) is 0 Å². The van der Waals surface area contributed by atoms with Crippen LogP contribution < -0.4 is 5.32 Å². The van der Waals surface area contributed by atoms with Crippen LogP contribution in [0.15, 0.2) is 30.3 Å². The lowest BCUT2D eigenvalue weighted by atomic mass is 10.2. The van der Waals surface area contributed by atoms with Crippen LogP contribution in [0.2, 0.25) is 0 Å². The summed E-state index contributed by atoms with van der Waals surface area (Å²) in [6.07, 6.45) is 1.78. The van der Waals surface area contributed by atoms with Crippen LogP contribution >= 0.6 is 0 Å². The Balaban J connectivity index is 1.77. The first kappa shape index (κ1) is 14.8. The molecule has 1 aliphatic carbocycles. The molecule has 0 radical (unpaired) electrons. The van der Waals surface area contributed by atoms with Crippen molar-refractivity contribution in [2.45, 2.75) is 25.0 Å². The van der Waals surface area contributed by atoms with Gasteiger partial charge in [-0.3, -0.25) is 4.18 Å². The fourth-order valence-corrected chi connectivity index (χ4v) is 2.09. The Kier molecular flexibility index (Phi) is 4.29. The molecule has 0 heterocycles. The van der Waals surface area contributed by atoms with E-state index < -0.39 is 21.8 Å². The Hall–Kier alpha value is -1.60. The second-order valence-corrected chi connectivity index (χ2v) is 6.58. The van der Waals surface area contributed by atoms with E-state index in [-0.39, 0.29) is 13.2 Å². The van der Waals surface area contributed by atoms with Crippen LogP contribution in [0.1, 0.15) is 18.4 Å². The smallest absolute Gasteiger partial charge is 0.407 e. The minimum Gasteiger partial charge on any atom is -0.445 e. The van der Waals surface area contributed by atoms with Crippen LogP contribution in [0, 0.1) is 0 Å². The second kappa shape index (κ2) is 5.80. The standard InChI is InChI=1S/C13H17NO5S/c1-20(16,17)19-10-13(7-8-13)14-12(15)18-9-11-5-3-2-4-6-11/h2-6H,7-10H2,1H3,(H,14,15). The molecule has 0 spiro atoms. The van der Waals surface area contributed by atoms with E-state index in [1.165, 1.54) is 0 Å². The molecule has 6 nitrogen and oxygen atoms in total. The van der Waals surface area contributed by atoms with E-state index in [1.54, 1.807) is 0 Å². The summed E-state index contributed by atoms with van der Waals surface area (Å²) >= 11 is 0. The highest BCUT2D eigenvalue weighted by Gasteiger charge is 2.45. The third-order valence-electron chi connectivity index (χ3n) is 2.98. The van der Waals surface area contributed by atoms with Gasteiger partial charge in [-0.25, -0.2) is 4.79 Å². The van der Waals surface area contributed by atoms with Gasteiger partial charge in [0.1, 0.15) is 6.61 Å². The zero-order valence-electron chi connectivity index (χ0n) is 11.2. The Bertz CT molecular complexity index is 566. The van der Waals surface area contributed by atoms with E-state index >= 15 is 0 Å². The maximum absolute atomic E-state index is 11.7. The number of hydrogen-bond acceptors (Lipinski definition) is 5. The number of benzene rings is 1. The minimum absolute atomic E-state index is 0.0493. The van der Waals surface area contributed by atoms with E-state index in [0.29, 0.717) is 12.8 Å². The molecule has 1 N–H and O–H groups in total. The molecule has 1 fully saturated rings. The largest absolute Gasteiger partial charge is 0.445 e. The number of carbonyl (C=O) groups is 1. The molecule has 0 bridgehead atoms. The fraction of sp³-hybridized carbons (Fsp3) is 0.462. The van der Waals surface area contributed by atoms with E-state index in [1.807, 2.05) is 30.3 Å². The van der Waals surface area contributed by atoms with Crippen LogP contribution in [0.4, 0.5) is 4.79 Å². The van der Waals surface area contributed by atoms with Crippen molar-refractivity contribution in [3.05, 3.63) is 35.9 Å². The summed E-state index contributed by atoms with van der Waals surface area (Å²) in [6, 6.07) is 9.31. The van der Waals surface area contributed by atoms with Gasteiger partial charge in [0, 0.05) is 0 Å². The molecule has 0 aliphatic heterocycles. The zero-order chi connectivity index (χ0) is 14.6. The van der Waals surface area contributed by atoms with Gasteiger partial charge in [0.15, 0.2) is 0 Å². The molecule has 1 saturated carbocycles. The first-order chi connectivity index (χ1) is 9.39. The highest BCUT2D eigenvalue weighted by molar-refractivity contribution is 7.85. The zero-order valence-corrected chi connectivity index (χ0v) is 12.0. The van der Waals surface area contributed by atoms with Gasteiger partial charge in [0.05, 0.1) is 18.4 Å². The summed E-state index contributed by atoms with van der Waals surface area (Å²) in [4.78, 5) is 11.7. The van der Waals surface area contributed by atoms with Gasteiger partial charge in [-0.2, -0.15) is 8.42 Å². The van der Waals surface area contributed by atoms with Gasteiger partial charge >= 0.3 is 6.09 Å². The summed E-state index contributed by atoms with van der Waals surface area (Å²) in [5, 5.41) is 2.66. The molecule has 20 heavy (non-hydrogen) atoms. The first-order valence-corrected chi connectivity index (χ1v) is 8.04. The number of ether oxygens (including phenoxy) is 1. The van der Waals surface area contributed by atoms with Gasteiger partial charge < -0.3 is 10.1 Å².